The van der Waals surface area contributed by atoms with Crippen molar-refractivity contribution in [3.8, 4) is 5.75 Å². The summed E-state index contributed by atoms with van der Waals surface area (Å²) in [6, 6.07) is 7.49. The third kappa shape index (κ3) is 7.32. The fraction of sp³-hybridized carbons (Fsp3) is 0.600. The Balaban J connectivity index is 0.00000289. The SMILES string of the molecule is CCCCCCCCC(Br)c1ccc(O)cc1.[SH3+]. The van der Waals surface area contributed by atoms with Gasteiger partial charge in [-0.15, -0.1) is 0 Å². The molecule has 0 fully saturated rings. The number of rotatable bonds is 8. The average Bonchev–Trinajstić information content (AvgIpc) is 2.34. The second-order valence-corrected chi connectivity index (χ2v) is 5.72. The van der Waals surface area contributed by atoms with Gasteiger partial charge in [-0.05, 0) is 24.1 Å². The molecule has 1 rings (SSSR count). The van der Waals surface area contributed by atoms with Gasteiger partial charge in [0.05, 0.1) is 0 Å². The van der Waals surface area contributed by atoms with Crippen molar-refractivity contribution < 1.29 is 5.11 Å². The standard InChI is InChI=1S/C15H23BrO.H2S/c1-2-3-4-5-6-7-8-15(16)13-9-11-14(17)12-10-13;/h9-12,15,17H,2-8H2,1H3;1H2/p+1. The first-order valence-electron chi connectivity index (χ1n) is 6.67. The molecule has 0 aliphatic rings. The number of hydrogen-bond acceptors (Lipinski definition) is 1. The summed E-state index contributed by atoms with van der Waals surface area (Å²) in [5, 5.41) is 9.22. The van der Waals surface area contributed by atoms with E-state index in [0.717, 1.165) is 0 Å². The second kappa shape index (κ2) is 10.7. The van der Waals surface area contributed by atoms with Gasteiger partial charge in [-0.2, -0.15) is 0 Å². The van der Waals surface area contributed by atoms with Gasteiger partial charge in [-0.3, -0.25) is 0 Å². The van der Waals surface area contributed by atoms with Crippen molar-refractivity contribution in [3.05, 3.63) is 29.8 Å². The van der Waals surface area contributed by atoms with Gasteiger partial charge in [0, 0.05) is 4.83 Å². The molecular weight excluding hydrogens is 308 g/mol. The zero-order valence-corrected chi connectivity index (χ0v) is 14.0. The molecule has 18 heavy (non-hydrogen) atoms. The van der Waals surface area contributed by atoms with Crippen molar-refractivity contribution in [2.45, 2.75) is 56.7 Å². The van der Waals surface area contributed by atoms with Crippen molar-refractivity contribution in [2.24, 2.45) is 0 Å². The number of phenolic OH excluding ortho intramolecular Hbond substituents is 1. The summed E-state index contributed by atoms with van der Waals surface area (Å²) in [7, 11) is 0. The Kier molecular flexibility index (Phi) is 10.7. The summed E-state index contributed by atoms with van der Waals surface area (Å²) in [5.41, 5.74) is 1.26. The lowest BCUT2D eigenvalue weighted by Gasteiger charge is -2.10. The van der Waals surface area contributed by atoms with Gasteiger partial charge in [-0.1, -0.05) is 87.0 Å². The maximum absolute atomic E-state index is 9.22. The van der Waals surface area contributed by atoms with Crippen LogP contribution >= 0.6 is 15.9 Å². The van der Waals surface area contributed by atoms with E-state index < -0.39 is 0 Å². The highest BCUT2D eigenvalue weighted by Gasteiger charge is 2.06. The van der Waals surface area contributed by atoms with Crippen molar-refractivity contribution >= 4 is 29.4 Å². The molecule has 1 N–H and O–H groups in total. The molecule has 0 saturated heterocycles. The van der Waals surface area contributed by atoms with E-state index >= 15 is 0 Å². The van der Waals surface area contributed by atoms with E-state index in [2.05, 4.69) is 22.9 Å². The first-order valence-corrected chi connectivity index (χ1v) is 7.58. The van der Waals surface area contributed by atoms with Gasteiger partial charge in [0.2, 0.25) is 0 Å². The number of halogens is 1. The van der Waals surface area contributed by atoms with Crippen molar-refractivity contribution in [3.63, 3.8) is 0 Å². The molecule has 1 aromatic rings. The van der Waals surface area contributed by atoms with Gasteiger partial charge < -0.3 is 5.11 Å². The molecule has 1 atom stereocenters. The van der Waals surface area contributed by atoms with Crippen LogP contribution in [0.15, 0.2) is 24.3 Å². The summed E-state index contributed by atoms with van der Waals surface area (Å²) in [6.45, 7) is 2.25. The fourth-order valence-corrected chi connectivity index (χ4v) is 2.58. The first-order chi connectivity index (χ1) is 8.24. The largest absolute Gasteiger partial charge is 0.508 e. The molecule has 0 saturated carbocycles. The van der Waals surface area contributed by atoms with E-state index in [1.54, 1.807) is 12.1 Å². The Hall–Kier alpha value is -0.150. The Bertz CT molecular complexity index is 300. The topological polar surface area (TPSA) is 20.2 Å². The van der Waals surface area contributed by atoms with Crippen molar-refractivity contribution in [1.82, 2.24) is 0 Å². The quantitative estimate of drug-likeness (QED) is 0.412. The molecule has 0 amide bonds. The molecule has 1 nitrogen and oxygen atoms in total. The Morgan fingerprint density at radius 2 is 1.56 bits per heavy atom. The normalized spacial score (nSPS) is 11.9. The molecule has 0 aliphatic heterocycles. The first kappa shape index (κ1) is 17.8. The predicted molar refractivity (Wildman–Crippen MR) is 89.3 cm³/mol. The smallest absolute Gasteiger partial charge is 0.115 e. The molecule has 0 radical (unpaired) electrons. The van der Waals surface area contributed by atoms with Crippen LogP contribution in [0.2, 0.25) is 0 Å². The summed E-state index contributed by atoms with van der Waals surface area (Å²) >= 11 is 3.71. The number of alkyl halides is 1. The minimum atomic E-state index is 0. The number of unbranched alkanes of at least 4 members (excludes halogenated alkanes) is 5. The van der Waals surface area contributed by atoms with E-state index in [4.69, 9.17) is 0 Å². The van der Waals surface area contributed by atoms with Crippen LogP contribution in [0.5, 0.6) is 5.75 Å². The lowest BCUT2D eigenvalue weighted by molar-refractivity contribution is 0.475. The lowest BCUT2D eigenvalue weighted by Crippen LogP contribution is -1.90. The summed E-state index contributed by atoms with van der Waals surface area (Å²) in [5.74, 6) is 0.341. The molecule has 104 valence electrons. The molecule has 0 heterocycles. The average molecular weight is 334 g/mol. The van der Waals surface area contributed by atoms with Crippen LogP contribution in [0, 0.1) is 0 Å². The number of hydrogen-bond donors (Lipinski definition) is 1. The van der Waals surface area contributed by atoms with Gasteiger partial charge in [0.25, 0.3) is 0 Å². The summed E-state index contributed by atoms with van der Waals surface area (Å²) < 4.78 is 0. The van der Waals surface area contributed by atoms with Gasteiger partial charge in [-0.25, -0.2) is 0 Å². The van der Waals surface area contributed by atoms with Crippen LogP contribution in [0.25, 0.3) is 0 Å². The molecule has 0 aliphatic carbocycles. The summed E-state index contributed by atoms with van der Waals surface area (Å²) in [4.78, 5) is 0.425. The minimum absolute atomic E-state index is 0. The molecule has 0 aromatic heterocycles. The molecule has 1 aromatic carbocycles. The van der Waals surface area contributed by atoms with Gasteiger partial charge >= 0.3 is 0 Å². The highest BCUT2D eigenvalue weighted by molar-refractivity contribution is 9.09. The van der Waals surface area contributed by atoms with E-state index in [1.165, 1.54) is 50.5 Å². The van der Waals surface area contributed by atoms with Gasteiger partial charge in [0.1, 0.15) is 5.75 Å². The van der Waals surface area contributed by atoms with Crippen LogP contribution in [0.3, 0.4) is 0 Å². The molecule has 0 spiro atoms. The lowest BCUT2D eigenvalue weighted by atomic mass is 10.0. The van der Waals surface area contributed by atoms with Crippen molar-refractivity contribution in [1.29, 1.82) is 0 Å². The van der Waals surface area contributed by atoms with E-state index in [9.17, 15) is 5.11 Å². The Morgan fingerprint density at radius 1 is 1.00 bits per heavy atom. The molecule has 3 heteroatoms. The van der Waals surface area contributed by atoms with Gasteiger partial charge in [0.15, 0.2) is 0 Å². The van der Waals surface area contributed by atoms with Crippen LogP contribution < -0.4 is 0 Å². The Morgan fingerprint density at radius 3 is 2.17 bits per heavy atom. The van der Waals surface area contributed by atoms with Crippen LogP contribution in [0.1, 0.15) is 62.3 Å². The Labute approximate surface area is 127 Å². The van der Waals surface area contributed by atoms with Crippen LogP contribution in [-0.2, 0) is 13.5 Å². The maximum Gasteiger partial charge on any atom is 0.115 e. The van der Waals surface area contributed by atoms with Crippen LogP contribution in [-0.4, -0.2) is 5.11 Å². The van der Waals surface area contributed by atoms with Crippen LogP contribution in [0.4, 0.5) is 0 Å². The zero-order valence-electron chi connectivity index (χ0n) is 11.2. The van der Waals surface area contributed by atoms with E-state index in [1.807, 2.05) is 12.1 Å². The highest BCUT2D eigenvalue weighted by atomic mass is 79.9. The van der Waals surface area contributed by atoms with E-state index in [-0.39, 0.29) is 13.5 Å². The minimum Gasteiger partial charge on any atom is -0.508 e. The monoisotopic (exact) mass is 333 g/mol. The number of benzene rings is 1. The predicted octanol–water partition coefficient (Wildman–Crippen LogP) is 4.77. The van der Waals surface area contributed by atoms with Crippen molar-refractivity contribution in [2.75, 3.05) is 0 Å². The molecule has 1 unspecified atom stereocenters. The fourth-order valence-electron chi connectivity index (χ4n) is 1.95. The second-order valence-electron chi connectivity index (χ2n) is 4.62. The third-order valence-corrected chi connectivity index (χ3v) is 4.05. The maximum atomic E-state index is 9.22. The zero-order chi connectivity index (χ0) is 12.5. The molecular formula is C15H26BrOS+. The highest BCUT2D eigenvalue weighted by Crippen LogP contribution is 2.29. The number of phenols is 1. The summed E-state index contributed by atoms with van der Waals surface area (Å²) in [6.07, 6.45) is 9.22. The number of aromatic hydroxyl groups is 1. The third-order valence-electron chi connectivity index (χ3n) is 3.07. The van der Waals surface area contributed by atoms with E-state index in [0.29, 0.717) is 10.6 Å². The molecule has 0 bridgehead atoms.